The van der Waals surface area contributed by atoms with E-state index >= 15 is 0 Å². The molecule has 0 radical (unpaired) electrons. The number of hydrogen-bond acceptors (Lipinski definition) is 3. The van der Waals surface area contributed by atoms with Crippen LogP contribution in [0.1, 0.15) is 46.9 Å². The highest BCUT2D eigenvalue weighted by atomic mass is 35.5. The van der Waals surface area contributed by atoms with Gasteiger partial charge in [-0.1, -0.05) is 37.1 Å². The van der Waals surface area contributed by atoms with Gasteiger partial charge in [0.1, 0.15) is 5.15 Å². The molecule has 0 saturated heterocycles. The zero-order valence-corrected chi connectivity index (χ0v) is 17.6. The highest BCUT2D eigenvalue weighted by Crippen LogP contribution is 2.21. The molecule has 150 valence electrons. The first-order valence-electron chi connectivity index (χ1n) is 9.32. The maximum absolute atomic E-state index is 12.1. The molecule has 1 heterocycles. The Hall–Kier alpha value is -2.60. The van der Waals surface area contributed by atoms with Crippen LogP contribution in [0.4, 0.5) is 0 Å². The average Bonchev–Trinajstić information content (AvgIpc) is 2.95. The lowest BCUT2D eigenvalue weighted by Crippen LogP contribution is -2.22. The van der Waals surface area contributed by atoms with Gasteiger partial charge in [-0.05, 0) is 37.1 Å². The molecule has 0 aliphatic carbocycles. The van der Waals surface area contributed by atoms with Crippen LogP contribution >= 0.6 is 11.6 Å². The van der Waals surface area contributed by atoms with Crippen molar-refractivity contribution in [3.8, 4) is 0 Å². The van der Waals surface area contributed by atoms with Gasteiger partial charge in [0, 0.05) is 44.4 Å². The van der Waals surface area contributed by atoms with Gasteiger partial charge in [-0.25, -0.2) is 0 Å². The van der Waals surface area contributed by atoms with Gasteiger partial charge in [-0.3, -0.25) is 14.3 Å². The van der Waals surface area contributed by atoms with Crippen LogP contribution in [0, 0.1) is 6.92 Å². The van der Waals surface area contributed by atoms with Crippen molar-refractivity contribution in [1.29, 1.82) is 0 Å². The third kappa shape index (κ3) is 5.70. The summed E-state index contributed by atoms with van der Waals surface area (Å²) in [5.74, 6) is -0.268. The molecule has 0 unspecified atom stereocenters. The van der Waals surface area contributed by atoms with Crippen LogP contribution in [0.25, 0.3) is 6.08 Å². The molecule has 1 N–H and O–H groups in total. The molecule has 2 amide bonds. The van der Waals surface area contributed by atoms with Crippen LogP contribution in [0.2, 0.25) is 5.15 Å². The van der Waals surface area contributed by atoms with Crippen molar-refractivity contribution in [1.82, 2.24) is 20.0 Å². The van der Waals surface area contributed by atoms with Crippen molar-refractivity contribution in [3.63, 3.8) is 0 Å². The highest BCUT2D eigenvalue weighted by molar-refractivity contribution is 6.31. The van der Waals surface area contributed by atoms with E-state index < -0.39 is 0 Å². The third-order valence-corrected chi connectivity index (χ3v) is 4.71. The number of carbonyl (C=O) groups excluding carboxylic acids is 2. The first kappa shape index (κ1) is 21.7. The summed E-state index contributed by atoms with van der Waals surface area (Å²) in [4.78, 5) is 25.5. The molecule has 7 heteroatoms. The summed E-state index contributed by atoms with van der Waals surface area (Å²) in [5, 5.41) is 7.81. The van der Waals surface area contributed by atoms with Gasteiger partial charge in [-0.2, -0.15) is 5.10 Å². The number of benzene rings is 1. The van der Waals surface area contributed by atoms with Gasteiger partial charge >= 0.3 is 0 Å². The van der Waals surface area contributed by atoms with E-state index in [1.807, 2.05) is 19.1 Å². The quantitative estimate of drug-likeness (QED) is 0.685. The van der Waals surface area contributed by atoms with Gasteiger partial charge < -0.3 is 10.2 Å². The SMILES string of the molecule is CCCCn1nc(C)c(/C=C/C(=O)NCc2ccc(C(=O)N(C)C)cc2)c1Cl. The highest BCUT2D eigenvalue weighted by Gasteiger charge is 2.11. The summed E-state index contributed by atoms with van der Waals surface area (Å²) < 4.78 is 1.77. The molecule has 0 aliphatic rings. The summed E-state index contributed by atoms with van der Waals surface area (Å²) in [7, 11) is 3.43. The normalized spacial score (nSPS) is 11.0. The number of carbonyl (C=O) groups is 2. The lowest BCUT2D eigenvalue weighted by molar-refractivity contribution is -0.116. The Bertz CT molecular complexity index is 854. The molecular weight excluding hydrogens is 376 g/mol. The molecule has 2 aromatic rings. The maximum atomic E-state index is 12.1. The van der Waals surface area contributed by atoms with Crippen LogP contribution in [0.3, 0.4) is 0 Å². The van der Waals surface area contributed by atoms with Crippen molar-refractivity contribution in [2.24, 2.45) is 0 Å². The van der Waals surface area contributed by atoms with E-state index in [0.717, 1.165) is 36.2 Å². The van der Waals surface area contributed by atoms with E-state index in [1.54, 1.807) is 37.0 Å². The predicted molar refractivity (Wildman–Crippen MR) is 112 cm³/mol. The molecule has 28 heavy (non-hydrogen) atoms. The number of halogens is 1. The van der Waals surface area contributed by atoms with E-state index in [2.05, 4.69) is 17.3 Å². The molecule has 0 spiro atoms. The molecule has 0 saturated carbocycles. The topological polar surface area (TPSA) is 67.2 Å². The Morgan fingerprint density at radius 1 is 1.25 bits per heavy atom. The molecule has 1 aromatic heterocycles. The molecule has 2 rings (SSSR count). The average molecular weight is 403 g/mol. The smallest absolute Gasteiger partial charge is 0.253 e. The predicted octanol–water partition coefficient (Wildman–Crippen LogP) is 3.68. The first-order chi connectivity index (χ1) is 13.3. The number of nitrogens with zero attached hydrogens (tertiary/aromatic N) is 3. The summed E-state index contributed by atoms with van der Waals surface area (Å²) in [5.41, 5.74) is 3.09. The van der Waals surface area contributed by atoms with E-state index in [1.165, 1.54) is 11.0 Å². The molecule has 0 fully saturated rings. The maximum Gasteiger partial charge on any atom is 0.253 e. The van der Waals surface area contributed by atoms with Crippen LogP contribution in [-0.2, 0) is 17.9 Å². The van der Waals surface area contributed by atoms with Crippen LogP contribution in [0.5, 0.6) is 0 Å². The lowest BCUT2D eigenvalue weighted by atomic mass is 10.1. The fraction of sp³-hybridized carbons (Fsp3) is 0.381. The van der Waals surface area contributed by atoms with E-state index in [-0.39, 0.29) is 11.8 Å². The number of aryl methyl sites for hydroxylation is 2. The van der Waals surface area contributed by atoms with Crippen LogP contribution in [-0.4, -0.2) is 40.6 Å². The molecule has 0 bridgehead atoms. The number of rotatable bonds is 8. The zero-order valence-electron chi connectivity index (χ0n) is 16.8. The number of amides is 2. The molecule has 6 nitrogen and oxygen atoms in total. The Balaban J connectivity index is 1.94. The summed E-state index contributed by atoms with van der Waals surface area (Å²) >= 11 is 6.37. The van der Waals surface area contributed by atoms with Gasteiger partial charge in [-0.15, -0.1) is 0 Å². The molecular formula is C21H27ClN4O2. The van der Waals surface area contributed by atoms with Crippen molar-refractivity contribution in [2.75, 3.05) is 14.1 Å². The second kappa shape index (κ2) is 10.1. The Morgan fingerprint density at radius 2 is 1.93 bits per heavy atom. The van der Waals surface area contributed by atoms with Crippen molar-refractivity contribution in [3.05, 3.63) is 57.9 Å². The fourth-order valence-corrected chi connectivity index (χ4v) is 2.97. The summed E-state index contributed by atoms with van der Waals surface area (Å²) in [6.07, 6.45) is 5.22. The Labute approximate surface area is 171 Å². The van der Waals surface area contributed by atoms with Gasteiger partial charge in [0.05, 0.1) is 5.69 Å². The van der Waals surface area contributed by atoms with Crippen molar-refractivity contribution < 1.29 is 9.59 Å². The van der Waals surface area contributed by atoms with Gasteiger partial charge in [0.2, 0.25) is 5.91 Å². The lowest BCUT2D eigenvalue weighted by Gasteiger charge is -2.10. The minimum atomic E-state index is -0.217. The van der Waals surface area contributed by atoms with E-state index in [4.69, 9.17) is 11.6 Å². The number of unbranched alkanes of at least 4 members (excludes halogenated alkanes) is 1. The minimum Gasteiger partial charge on any atom is -0.348 e. The largest absolute Gasteiger partial charge is 0.348 e. The number of nitrogens with one attached hydrogen (secondary N) is 1. The molecule has 0 atom stereocenters. The third-order valence-electron chi connectivity index (χ3n) is 4.31. The summed E-state index contributed by atoms with van der Waals surface area (Å²) in [6, 6.07) is 7.18. The molecule has 1 aromatic carbocycles. The van der Waals surface area contributed by atoms with Crippen LogP contribution in [0.15, 0.2) is 30.3 Å². The number of hydrogen-bond donors (Lipinski definition) is 1. The second-order valence-corrected chi connectivity index (χ2v) is 7.17. The summed E-state index contributed by atoms with van der Waals surface area (Å²) in [6.45, 7) is 5.14. The monoisotopic (exact) mass is 402 g/mol. The van der Waals surface area contributed by atoms with E-state index in [0.29, 0.717) is 17.3 Å². The standard InChI is InChI=1S/C21H27ClN4O2/c1-5-6-13-26-20(22)18(15(2)24-26)11-12-19(27)23-14-16-7-9-17(10-8-16)21(28)25(3)4/h7-12H,5-6,13-14H2,1-4H3,(H,23,27)/b12-11+. The minimum absolute atomic E-state index is 0.0507. The first-order valence-corrected chi connectivity index (χ1v) is 9.70. The van der Waals surface area contributed by atoms with Gasteiger partial charge in [0.25, 0.3) is 5.91 Å². The van der Waals surface area contributed by atoms with Gasteiger partial charge in [0.15, 0.2) is 0 Å². The Kier molecular flexibility index (Phi) is 7.81. The zero-order chi connectivity index (χ0) is 20.7. The number of aromatic nitrogens is 2. The second-order valence-electron chi connectivity index (χ2n) is 6.81. The fourth-order valence-electron chi connectivity index (χ4n) is 2.64. The van der Waals surface area contributed by atoms with Crippen molar-refractivity contribution >= 4 is 29.5 Å². The molecule has 0 aliphatic heterocycles. The van der Waals surface area contributed by atoms with Crippen LogP contribution < -0.4 is 5.32 Å². The van der Waals surface area contributed by atoms with Crippen molar-refractivity contribution in [2.45, 2.75) is 39.8 Å². The Morgan fingerprint density at radius 3 is 2.54 bits per heavy atom. The van der Waals surface area contributed by atoms with E-state index in [9.17, 15) is 9.59 Å².